The van der Waals surface area contributed by atoms with Crippen molar-refractivity contribution in [2.45, 2.75) is 26.4 Å². The molecule has 5 heterocycles. The summed E-state index contributed by atoms with van der Waals surface area (Å²) in [6.07, 6.45) is 5.35. The Morgan fingerprint density at radius 1 is 0.925 bits per heavy atom. The SMILES string of the molecule is CC(C)C1CN(c2ccc(Nc3ncc4c(n3)N=C3c5ccccc5N(c5ncccn5)N3C4)cc2)CCN1C. The molecule has 40 heavy (non-hydrogen) atoms. The lowest BCUT2D eigenvalue weighted by atomic mass is 10.00. The summed E-state index contributed by atoms with van der Waals surface area (Å²) in [7, 11) is 2.23. The van der Waals surface area contributed by atoms with Crippen molar-refractivity contribution in [1.82, 2.24) is 29.8 Å². The van der Waals surface area contributed by atoms with Gasteiger partial charge in [-0.15, -0.1) is 0 Å². The van der Waals surface area contributed by atoms with Gasteiger partial charge in [0.15, 0.2) is 11.7 Å². The molecule has 3 aliphatic heterocycles. The number of rotatable bonds is 5. The van der Waals surface area contributed by atoms with Crippen molar-refractivity contribution in [2.75, 3.05) is 41.9 Å². The Morgan fingerprint density at radius 3 is 2.52 bits per heavy atom. The Labute approximate surface area is 234 Å². The third-order valence-electron chi connectivity index (χ3n) is 7.93. The molecule has 0 aliphatic carbocycles. The van der Waals surface area contributed by atoms with Gasteiger partial charge in [-0.1, -0.05) is 26.0 Å². The van der Waals surface area contributed by atoms with E-state index in [0.29, 0.717) is 36.2 Å². The van der Waals surface area contributed by atoms with E-state index in [1.165, 1.54) is 5.69 Å². The van der Waals surface area contributed by atoms with E-state index in [1.807, 2.05) is 29.4 Å². The molecule has 10 nitrogen and oxygen atoms in total. The van der Waals surface area contributed by atoms with E-state index in [0.717, 1.165) is 48.0 Å². The highest BCUT2D eigenvalue weighted by molar-refractivity contribution is 6.10. The first-order valence-corrected chi connectivity index (χ1v) is 13.8. The zero-order valence-corrected chi connectivity index (χ0v) is 22.9. The van der Waals surface area contributed by atoms with Gasteiger partial charge in [-0.05, 0) is 55.4 Å². The maximum absolute atomic E-state index is 4.97. The maximum atomic E-state index is 4.97. The first-order chi connectivity index (χ1) is 19.5. The molecule has 0 amide bonds. The van der Waals surface area contributed by atoms with E-state index in [2.05, 4.69) is 92.4 Å². The summed E-state index contributed by atoms with van der Waals surface area (Å²) in [5.41, 5.74) is 5.14. The Hall–Kier alpha value is -4.57. The number of piperazine rings is 1. The Bertz CT molecular complexity index is 1550. The van der Waals surface area contributed by atoms with E-state index < -0.39 is 0 Å². The van der Waals surface area contributed by atoms with Crippen LogP contribution in [0.25, 0.3) is 0 Å². The molecule has 1 saturated heterocycles. The van der Waals surface area contributed by atoms with Gasteiger partial charge in [0.2, 0.25) is 11.9 Å². The summed E-state index contributed by atoms with van der Waals surface area (Å²) >= 11 is 0. The molecule has 10 heteroatoms. The lowest BCUT2D eigenvalue weighted by Gasteiger charge is -2.42. The minimum atomic E-state index is 0.526. The number of fused-ring (bicyclic) bond motifs is 4. The molecular formula is C30H32N10. The Kier molecular flexibility index (Phi) is 6.04. The van der Waals surface area contributed by atoms with Crippen LogP contribution in [0.2, 0.25) is 0 Å². The van der Waals surface area contributed by atoms with E-state index in [9.17, 15) is 0 Å². The monoisotopic (exact) mass is 532 g/mol. The number of nitrogens with zero attached hydrogens (tertiary/aromatic N) is 9. The lowest BCUT2D eigenvalue weighted by molar-refractivity contribution is 0.173. The zero-order chi connectivity index (χ0) is 27.2. The summed E-state index contributed by atoms with van der Waals surface area (Å²) < 4.78 is 0. The quantitative estimate of drug-likeness (QED) is 0.391. The molecule has 1 unspecified atom stereocenters. The van der Waals surface area contributed by atoms with Crippen molar-refractivity contribution < 1.29 is 0 Å². The molecule has 1 atom stereocenters. The third-order valence-corrected chi connectivity index (χ3v) is 7.93. The van der Waals surface area contributed by atoms with Crippen LogP contribution in [-0.2, 0) is 6.54 Å². The van der Waals surface area contributed by atoms with E-state index in [1.54, 1.807) is 12.4 Å². The highest BCUT2D eigenvalue weighted by Gasteiger charge is 2.38. The molecule has 202 valence electrons. The first kappa shape index (κ1) is 24.5. The second-order valence-corrected chi connectivity index (χ2v) is 10.8. The van der Waals surface area contributed by atoms with Crippen LogP contribution in [0, 0.1) is 5.92 Å². The molecule has 4 aromatic rings. The van der Waals surface area contributed by atoms with Gasteiger partial charge in [-0.3, -0.25) is 9.91 Å². The highest BCUT2D eigenvalue weighted by Crippen LogP contribution is 2.41. The van der Waals surface area contributed by atoms with Gasteiger partial charge in [-0.2, -0.15) is 4.98 Å². The van der Waals surface area contributed by atoms with Crippen LogP contribution in [-0.4, -0.2) is 68.4 Å². The molecule has 3 aliphatic rings. The summed E-state index contributed by atoms with van der Waals surface area (Å²) in [6, 6.07) is 19.1. The fraction of sp³-hybridized carbons (Fsp3) is 0.300. The number of nitrogens with one attached hydrogen (secondary N) is 1. The van der Waals surface area contributed by atoms with Gasteiger partial charge in [0.25, 0.3) is 0 Å². The van der Waals surface area contributed by atoms with Gasteiger partial charge in [0.1, 0.15) is 0 Å². The van der Waals surface area contributed by atoms with Gasteiger partial charge < -0.3 is 10.2 Å². The number of hydrogen-bond acceptors (Lipinski definition) is 10. The standard InChI is InChI=1S/C30H32N10/c1-20(2)26-19-38(16-15-37(26)3)23-11-9-22(10-12-23)34-29-33-17-21-18-39-28(35-27(21)36-29)24-7-4-5-8-25(24)40(39)30-31-13-6-14-32-30/h4-14,17,20,26H,15-16,18-19H2,1-3H3,(H,33,34,36). The van der Waals surface area contributed by atoms with Crippen LogP contribution in [0.3, 0.4) is 0 Å². The number of likely N-dealkylation sites (N-methyl/N-ethyl adjacent to an activating group) is 1. The molecule has 7 rings (SSSR count). The minimum absolute atomic E-state index is 0.526. The molecule has 0 radical (unpaired) electrons. The molecule has 1 fully saturated rings. The summed E-state index contributed by atoms with van der Waals surface area (Å²) in [4.78, 5) is 28.3. The lowest BCUT2D eigenvalue weighted by Crippen LogP contribution is -2.53. The number of hydrazine groups is 1. The Morgan fingerprint density at radius 2 is 1.73 bits per heavy atom. The number of aromatic nitrogens is 4. The molecule has 0 saturated carbocycles. The Balaban J connectivity index is 1.12. The van der Waals surface area contributed by atoms with Crippen molar-refractivity contribution >= 4 is 40.6 Å². The molecule has 2 aromatic heterocycles. The van der Waals surface area contributed by atoms with Crippen LogP contribution in [0.5, 0.6) is 0 Å². The number of para-hydroxylation sites is 1. The largest absolute Gasteiger partial charge is 0.369 e. The highest BCUT2D eigenvalue weighted by atomic mass is 15.7. The van der Waals surface area contributed by atoms with Gasteiger partial charge >= 0.3 is 0 Å². The van der Waals surface area contributed by atoms with Gasteiger partial charge in [0.05, 0.1) is 12.2 Å². The molecule has 2 aromatic carbocycles. The molecule has 0 spiro atoms. The second kappa shape index (κ2) is 9.87. The summed E-state index contributed by atoms with van der Waals surface area (Å²) in [5, 5.41) is 7.46. The van der Waals surface area contributed by atoms with Crippen molar-refractivity contribution in [3.63, 3.8) is 0 Å². The topological polar surface area (TPSA) is 88.9 Å². The molecular weight excluding hydrogens is 500 g/mol. The normalized spacial score (nSPS) is 18.4. The van der Waals surface area contributed by atoms with Crippen molar-refractivity contribution in [3.8, 4) is 0 Å². The fourth-order valence-electron chi connectivity index (χ4n) is 5.76. The van der Waals surface area contributed by atoms with Crippen molar-refractivity contribution in [1.29, 1.82) is 0 Å². The number of amidine groups is 1. The van der Waals surface area contributed by atoms with Crippen LogP contribution in [0.15, 0.2) is 78.2 Å². The molecule has 0 bridgehead atoms. The van der Waals surface area contributed by atoms with Crippen LogP contribution in [0.4, 0.5) is 34.8 Å². The predicted octanol–water partition coefficient (Wildman–Crippen LogP) is 4.75. The van der Waals surface area contributed by atoms with Gasteiger partial charge in [0, 0.05) is 66.8 Å². The number of aliphatic imine (C=N–C) groups is 1. The van der Waals surface area contributed by atoms with E-state index in [-0.39, 0.29) is 0 Å². The first-order valence-electron chi connectivity index (χ1n) is 13.8. The average molecular weight is 533 g/mol. The minimum Gasteiger partial charge on any atom is -0.369 e. The van der Waals surface area contributed by atoms with Crippen LogP contribution in [0.1, 0.15) is 25.0 Å². The number of hydrogen-bond donors (Lipinski definition) is 1. The van der Waals surface area contributed by atoms with Crippen molar-refractivity contribution in [3.05, 3.63) is 84.3 Å². The third kappa shape index (κ3) is 4.30. The van der Waals surface area contributed by atoms with Gasteiger partial charge in [-0.25, -0.2) is 25.0 Å². The number of benzene rings is 2. The van der Waals surface area contributed by atoms with Crippen molar-refractivity contribution in [2.24, 2.45) is 10.9 Å². The number of anilines is 5. The average Bonchev–Trinajstić information content (AvgIpc) is 3.30. The maximum Gasteiger partial charge on any atom is 0.249 e. The summed E-state index contributed by atoms with van der Waals surface area (Å²) in [5.74, 6) is 3.25. The van der Waals surface area contributed by atoms with E-state index >= 15 is 0 Å². The smallest absolute Gasteiger partial charge is 0.249 e. The zero-order valence-electron chi connectivity index (χ0n) is 22.9. The molecule has 1 N–H and O–H groups in total. The second-order valence-electron chi connectivity index (χ2n) is 10.8. The fourth-order valence-corrected chi connectivity index (χ4v) is 5.76. The van der Waals surface area contributed by atoms with Crippen LogP contribution >= 0.6 is 0 Å². The van der Waals surface area contributed by atoms with E-state index in [4.69, 9.17) is 9.98 Å². The predicted molar refractivity (Wildman–Crippen MR) is 158 cm³/mol. The summed E-state index contributed by atoms with van der Waals surface area (Å²) in [6.45, 7) is 8.33. The van der Waals surface area contributed by atoms with Crippen LogP contribution < -0.4 is 15.2 Å².